The van der Waals surface area contributed by atoms with Crippen molar-refractivity contribution in [1.29, 1.82) is 0 Å². The second-order valence-corrected chi connectivity index (χ2v) is 7.84. The average Bonchev–Trinajstić information content (AvgIpc) is 3.35. The van der Waals surface area contributed by atoms with Crippen molar-refractivity contribution in [2.75, 3.05) is 18.5 Å². The van der Waals surface area contributed by atoms with Gasteiger partial charge in [-0.15, -0.1) is 11.3 Å². The van der Waals surface area contributed by atoms with Gasteiger partial charge in [0.05, 0.1) is 12.9 Å². The number of nitrogens with one attached hydrogen (secondary N) is 1. The van der Waals surface area contributed by atoms with Crippen LogP contribution in [0.3, 0.4) is 0 Å². The number of nitrogens with zero attached hydrogens (tertiary/aromatic N) is 4. The zero-order chi connectivity index (χ0) is 19.0. The smallest absolute Gasteiger partial charge is 0.167 e. The van der Waals surface area contributed by atoms with Crippen LogP contribution in [0.5, 0.6) is 0 Å². The fourth-order valence-corrected chi connectivity index (χ4v) is 4.09. The molecule has 4 heterocycles. The molecule has 0 spiro atoms. The molecule has 0 radical (unpaired) electrons. The van der Waals surface area contributed by atoms with Gasteiger partial charge in [-0.25, -0.2) is 15.0 Å². The van der Waals surface area contributed by atoms with E-state index < -0.39 is 24.5 Å². The molecule has 3 aromatic rings. The molecule has 0 aliphatic carbocycles. The van der Waals surface area contributed by atoms with Crippen molar-refractivity contribution in [2.24, 2.45) is 0 Å². The van der Waals surface area contributed by atoms with Gasteiger partial charge >= 0.3 is 0 Å². The highest BCUT2D eigenvalue weighted by Gasteiger charge is 2.44. The minimum absolute atomic E-state index is 0.384. The third kappa shape index (κ3) is 3.42. The van der Waals surface area contributed by atoms with E-state index in [0.29, 0.717) is 23.5 Å². The van der Waals surface area contributed by atoms with Crippen LogP contribution < -0.4 is 5.32 Å². The molecule has 0 aromatic carbocycles. The van der Waals surface area contributed by atoms with Crippen molar-refractivity contribution in [3.63, 3.8) is 0 Å². The molecule has 0 saturated carbocycles. The highest BCUT2D eigenvalue weighted by molar-refractivity contribution is 7.11. The van der Waals surface area contributed by atoms with Crippen molar-refractivity contribution in [2.45, 2.75) is 37.9 Å². The highest BCUT2D eigenvalue weighted by atomic mass is 32.1. The van der Waals surface area contributed by atoms with Gasteiger partial charge in [0.25, 0.3) is 0 Å². The van der Waals surface area contributed by atoms with Crippen LogP contribution in [0.25, 0.3) is 11.2 Å². The molecule has 10 heteroatoms. The minimum Gasteiger partial charge on any atom is -0.394 e. The molecule has 4 rings (SSSR count). The topological polar surface area (TPSA) is 126 Å². The standard InChI is InChI=1S/C17H21N5O4S/c1-9-2-3-10(27-9)4-5-18-15-12-16(20-7-19-15)22(8-21-12)17-14(25)13(24)11(6-23)26-17/h2-3,7-8,11,13-14,17,23-25H,4-6H2,1H3,(H,18,19,20)/t11-,13-,14-,17-/m1/s1. The number of rotatable bonds is 6. The van der Waals surface area contributed by atoms with Crippen molar-refractivity contribution in [1.82, 2.24) is 19.5 Å². The van der Waals surface area contributed by atoms with Crippen LogP contribution in [-0.2, 0) is 11.2 Å². The Hall–Kier alpha value is -2.11. The summed E-state index contributed by atoms with van der Waals surface area (Å²) in [5.41, 5.74) is 1.03. The van der Waals surface area contributed by atoms with E-state index >= 15 is 0 Å². The number of thiophene rings is 1. The first-order valence-corrected chi connectivity index (χ1v) is 9.49. The Kier molecular flexibility index (Phi) is 5.06. The number of aliphatic hydroxyl groups is 3. The van der Waals surface area contributed by atoms with E-state index in [2.05, 4.69) is 39.3 Å². The second-order valence-electron chi connectivity index (χ2n) is 6.46. The lowest BCUT2D eigenvalue weighted by atomic mass is 10.1. The van der Waals surface area contributed by atoms with Gasteiger partial charge < -0.3 is 25.4 Å². The Morgan fingerprint density at radius 1 is 1.22 bits per heavy atom. The number of aryl methyl sites for hydroxylation is 1. The van der Waals surface area contributed by atoms with Gasteiger partial charge in [0, 0.05) is 16.3 Å². The SMILES string of the molecule is Cc1ccc(CCNc2ncnc3c2ncn3[C@@H]2O[C@H](CO)[C@@H](O)[C@H]2O)s1. The molecule has 0 amide bonds. The van der Waals surface area contributed by atoms with E-state index in [9.17, 15) is 15.3 Å². The lowest BCUT2D eigenvalue weighted by Gasteiger charge is -2.16. The van der Waals surface area contributed by atoms with Crippen molar-refractivity contribution < 1.29 is 20.1 Å². The Morgan fingerprint density at radius 2 is 2.07 bits per heavy atom. The summed E-state index contributed by atoms with van der Waals surface area (Å²) in [4.78, 5) is 15.4. The van der Waals surface area contributed by atoms with Crippen molar-refractivity contribution in [3.05, 3.63) is 34.5 Å². The molecule has 4 N–H and O–H groups in total. The Bertz CT molecular complexity index is 929. The maximum Gasteiger partial charge on any atom is 0.167 e. The predicted molar refractivity (Wildman–Crippen MR) is 99.6 cm³/mol. The van der Waals surface area contributed by atoms with Gasteiger partial charge in [-0.3, -0.25) is 4.57 Å². The number of aliphatic hydroxyl groups excluding tert-OH is 3. The third-order valence-electron chi connectivity index (χ3n) is 4.61. The summed E-state index contributed by atoms with van der Waals surface area (Å²) in [6.07, 6.45) is -0.304. The zero-order valence-electron chi connectivity index (χ0n) is 14.7. The first kappa shape index (κ1) is 18.3. The number of aromatic nitrogens is 4. The average molecular weight is 391 g/mol. The van der Waals surface area contributed by atoms with Crippen LogP contribution in [0.15, 0.2) is 24.8 Å². The van der Waals surface area contributed by atoms with Gasteiger partial charge in [-0.2, -0.15) is 0 Å². The summed E-state index contributed by atoms with van der Waals surface area (Å²) in [5.74, 6) is 0.596. The van der Waals surface area contributed by atoms with E-state index in [1.54, 1.807) is 15.9 Å². The van der Waals surface area contributed by atoms with Crippen molar-refractivity contribution >= 4 is 28.3 Å². The highest BCUT2D eigenvalue weighted by Crippen LogP contribution is 2.32. The maximum absolute atomic E-state index is 10.2. The molecule has 144 valence electrons. The van der Waals surface area contributed by atoms with Crippen LogP contribution in [0, 0.1) is 6.92 Å². The quantitative estimate of drug-likeness (QED) is 0.478. The number of ether oxygens (including phenoxy) is 1. The lowest BCUT2D eigenvalue weighted by Crippen LogP contribution is -2.33. The molecule has 0 unspecified atom stereocenters. The number of hydrogen-bond donors (Lipinski definition) is 4. The summed E-state index contributed by atoms with van der Waals surface area (Å²) in [6.45, 7) is 2.40. The van der Waals surface area contributed by atoms with Gasteiger partial charge in [-0.1, -0.05) is 0 Å². The molecule has 1 saturated heterocycles. The van der Waals surface area contributed by atoms with E-state index in [1.807, 2.05) is 0 Å². The van der Waals surface area contributed by atoms with Gasteiger partial charge in [-0.05, 0) is 25.5 Å². The molecular weight excluding hydrogens is 370 g/mol. The molecule has 1 aliphatic rings. The number of anilines is 1. The lowest BCUT2D eigenvalue weighted by molar-refractivity contribution is -0.0511. The molecule has 4 atom stereocenters. The van der Waals surface area contributed by atoms with E-state index in [-0.39, 0.29) is 6.61 Å². The summed E-state index contributed by atoms with van der Waals surface area (Å²) in [7, 11) is 0. The number of imidazole rings is 1. The molecule has 9 nitrogen and oxygen atoms in total. The van der Waals surface area contributed by atoms with E-state index in [0.717, 1.165) is 6.42 Å². The molecule has 1 fully saturated rings. The summed E-state index contributed by atoms with van der Waals surface area (Å²) in [6, 6.07) is 4.22. The Morgan fingerprint density at radius 3 is 2.78 bits per heavy atom. The summed E-state index contributed by atoms with van der Waals surface area (Å²) >= 11 is 1.77. The second kappa shape index (κ2) is 7.49. The van der Waals surface area contributed by atoms with Crippen LogP contribution in [0.1, 0.15) is 16.0 Å². The maximum atomic E-state index is 10.2. The van der Waals surface area contributed by atoms with Crippen LogP contribution in [0.2, 0.25) is 0 Å². The number of hydrogen-bond acceptors (Lipinski definition) is 9. The molecular formula is C17H21N5O4S. The van der Waals surface area contributed by atoms with Crippen LogP contribution >= 0.6 is 11.3 Å². The van der Waals surface area contributed by atoms with Gasteiger partial charge in [0.1, 0.15) is 24.6 Å². The molecule has 1 aliphatic heterocycles. The first-order chi connectivity index (χ1) is 13.1. The first-order valence-electron chi connectivity index (χ1n) is 8.67. The van der Waals surface area contributed by atoms with Gasteiger partial charge in [0.2, 0.25) is 0 Å². The monoisotopic (exact) mass is 391 g/mol. The number of fused-ring (bicyclic) bond motifs is 1. The molecule has 0 bridgehead atoms. The molecule has 27 heavy (non-hydrogen) atoms. The fraction of sp³-hybridized carbons (Fsp3) is 0.471. The third-order valence-corrected chi connectivity index (χ3v) is 5.67. The van der Waals surface area contributed by atoms with Crippen LogP contribution in [0.4, 0.5) is 5.82 Å². The Labute approximate surface area is 159 Å². The minimum atomic E-state index is -1.19. The normalized spacial score (nSPS) is 25.3. The van der Waals surface area contributed by atoms with E-state index in [4.69, 9.17) is 4.74 Å². The fourth-order valence-electron chi connectivity index (χ4n) is 3.20. The van der Waals surface area contributed by atoms with Gasteiger partial charge in [0.15, 0.2) is 23.2 Å². The zero-order valence-corrected chi connectivity index (χ0v) is 15.5. The summed E-state index contributed by atoms with van der Waals surface area (Å²) in [5, 5.41) is 32.7. The van der Waals surface area contributed by atoms with E-state index in [1.165, 1.54) is 22.4 Å². The summed E-state index contributed by atoms with van der Waals surface area (Å²) < 4.78 is 7.11. The Balaban J connectivity index is 1.53. The van der Waals surface area contributed by atoms with Crippen LogP contribution in [-0.4, -0.2) is 66.3 Å². The molecule has 3 aromatic heterocycles. The predicted octanol–water partition coefficient (Wildman–Crippen LogP) is 0.462. The van der Waals surface area contributed by atoms with Crippen molar-refractivity contribution in [3.8, 4) is 0 Å². The largest absolute Gasteiger partial charge is 0.394 e.